The second kappa shape index (κ2) is 10.3. The van der Waals surface area contributed by atoms with E-state index in [1.165, 1.54) is 24.3 Å². The molecular weight excluding hydrogens is 432 g/mol. The van der Waals surface area contributed by atoms with Crippen molar-refractivity contribution in [2.24, 2.45) is 0 Å². The number of carbonyl (C=O) groups excluding carboxylic acids is 3. The van der Waals surface area contributed by atoms with Gasteiger partial charge in [-0.3, -0.25) is 9.59 Å². The minimum absolute atomic E-state index is 0.0742. The van der Waals surface area contributed by atoms with Crippen LogP contribution in [0, 0.1) is 0 Å². The molecule has 0 saturated carbocycles. The second-order valence-corrected chi connectivity index (χ2v) is 9.07. The standard InChI is InChI=1S/C22H26N4O5S/c1-2-3-14-23-22(29)25-32(30,31)19-12-8-17(9-13-19)24-21(28)16-6-10-18(11-7-16)26-15-4-5-20(26)27/h6-13H,2-5,14-15H2,1H3,(H,24,28)(H2,23,25,29). The zero-order chi connectivity index (χ0) is 23.1. The van der Waals surface area contributed by atoms with Crippen LogP contribution in [0.25, 0.3) is 0 Å². The molecule has 1 saturated heterocycles. The van der Waals surface area contributed by atoms with Gasteiger partial charge in [0, 0.05) is 36.4 Å². The summed E-state index contributed by atoms with van der Waals surface area (Å²) in [6.07, 6.45) is 2.99. The summed E-state index contributed by atoms with van der Waals surface area (Å²) >= 11 is 0. The number of unbranched alkanes of at least 4 members (excludes halogenated alkanes) is 1. The Labute approximate surface area is 187 Å². The van der Waals surface area contributed by atoms with Gasteiger partial charge >= 0.3 is 6.03 Å². The molecular formula is C22H26N4O5S. The Morgan fingerprint density at radius 1 is 1.03 bits per heavy atom. The molecule has 1 heterocycles. The first-order chi connectivity index (χ1) is 15.3. The Kier molecular flexibility index (Phi) is 7.47. The topological polar surface area (TPSA) is 125 Å². The number of hydrogen-bond donors (Lipinski definition) is 3. The van der Waals surface area contributed by atoms with Crippen LogP contribution in [0.5, 0.6) is 0 Å². The van der Waals surface area contributed by atoms with Crippen LogP contribution in [0.4, 0.5) is 16.2 Å². The molecule has 1 fully saturated rings. The van der Waals surface area contributed by atoms with Gasteiger partial charge in [-0.25, -0.2) is 17.9 Å². The quantitative estimate of drug-likeness (QED) is 0.525. The highest BCUT2D eigenvalue weighted by Gasteiger charge is 2.22. The van der Waals surface area contributed by atoms with Crippen LogP contribution >= 0.6 is 0 Å². The summed E-state index contributed by atoms with van der Waals surface area (Å²) in [7, 11) is -4.02. The van der Waals surface area contributed by atoms with Crippen LogP contribution in [-0.4, -0.2) is 39.4 Å². The van der Waals surface area contributed by atoms with Crippen molar-refractivity contribution in [2.75, 3.05) is 23.3 Å². The Bertz CT molecular complexity index is 1080. The Balaban J connectivity index is 1.59. The van der Waals surface area contributed by atoms with Gasteiger partial charge < -0.3 is 15.5 Å². The average Bonchev–Trinajstić information content (AvgIpc) is 3.20. The number of urea groups is 1. The van der Waals surface area contributed by atoms with Crippen LogP contribution in [-0.2, 0) is 14.8 Å². The molecule has 170 valence electrons. The third-order valence-corrected chi connectivity index (χ3v) is 6.33. The van der Waals surface area contributed by atoms with E-state index in [0.29, 0.717) is 30.8 Å². The fourth-order valence-electron chi connectivity index (χ4n) is 3.23. The van der Waals surface area contributed by atoms with Crippen molar-refractivity contribution < 1.29 is 22.8 Å². The lowest BCUT2D eigenvalue weighted by molar-refractivity contribution is -0.117. The van der Waals surface area contributed by atoms with Gasteiger partial charge in [-0.1, -0.05) is 13.3 Å². The maximum absolute atomic E-state index is 12.5. The number of anilines is 2. The van der Waals surface area contributed by atoms with Crippen LogP contribution in [0.1, 0.15) is 43.0 Å². The minimum Gasteiger partial charge on any atom is -0.337 e. The molecule has 1 aliphatic heterocycles. The number of amides is 4. The molecule has 2 aromatic rings. The van der Waals surface area contributed by atoms with Crippen LogP contribution in [0.2, 0.25) is 0 Å². The van der Waals surface area contributed by atoms with Crippen molar-refractivity contribution >= 4 is 39.2 Å². The van der Waals surface area contributed by atoms with E-state index < -0.39 is 16.1 Å². The molecule has 32 heavy (non-hydrogen) atoms. The summed E-state index contributed by atoms with van der Waals surface area (Å²) in [5.41, 5.74) is 1.56. The van der Waals surface area contributed by atoms with Crippen molar-refractivity contribution in [3.05, 3.63) is 54.1 Å². The fourth-order valence-corrected chi connectivity index (χ4v) is 4.16. The van der Waals surface area contributed by atoms with Crippen LogP contribution in [0.15, 0.2) is 53.4 Å². The van der Waals surface area contributed by atoms with Crippen LogP contribution in [0.3, 0.4) is 0 Å². The number of hydrogen-bond acceptors (Lipinski definition) is 5. The molecule has 0 radical (unpaired) electrons. The molecule has 0 aliphatic carbocycles. The summed E-state index contributed by atoms with van der Waals surface area (Å²) in [5.74, 6) is -0.293. The first-order valence-electron chi connectivity index (χ1n) is 10.4. The summed E-state index contributed by atoms with van der Waals surface area (Å²) in [6.45, 7) is 3.02. The zero-order valence-electron chi connectivity index (χ0n) is 17.8. The summed E-state index contributed by atoms with van der Waals surface area (Å²) < 4.78 is 26.6. The molecule has 9 nitrogen and oxygen atoms in total. The molecule has 0 atom stereocenters. The van der Waals surface area contributed by atoms with E-state index in [-0.39, 0.29) is 16.7 Å². The smallest absolute Gasteiger partial charge is 0.328 e. The summed E-state index contributed by atoms with van der Waals surface area (Å²) in [5, 5.41) is 5.18. The third kappa shape index (κ3) is 5.85. The van der Waals surface area contributed by atoms with Crippen molar-refractivity contribution in [1.82, 2.24) is 10.0 Å². The molecule has 10 heteroatoms. The molecule has 2 aromatic carbocycles. The van der Waals surface area contributed by atoms with E-state index in [1.54, 1.807) is 29.2 Å². The molecule has 0 spiro atoms. The van der Waals surface area contributed by atoms with Gasteiger partial charge in [0.05, 0.1) is 4.90 Å². The van der Waals surface area contributed by atoms with E-state index in [1.807, 2.05) is 11.6 Å². The molecule has 3 N–H and O–H groups in total. The van der Waals surface area contributed by atoms with E-state index in [9.17, 15) is 22.8 Å². The number of nitrogens with one attached hydrogen (secondary N) is 3. The number of nitrogens with zero attached hydrogens (tertiary/aromatic N) is 1. The number of carbonyl (C=O) groups is 3. The Hall–Kier alpha value is -3.40. The largest absolute Gasteiger partial charge is 0.337 e. The lowest BCUT2D eigenvalue weighted by Crippen LogP contribution is -2.39. The lowest BCUT2D eigenvalue weighted by atomic mass is 10.1. The zero-order valence-corrected chi connectivity index (χ0v) is 18.6. The van der Waals surface area contributed by atoms with Crippen molar-refractivity contribution in [3.8, 4) is 0 Å². The summed E-state index contributed by atoms with van der Waals surface area (Å²) in [4.78, 5) is 37.6. The Morgan fingerprint density at radius 2 is 1.72 bits per heavy atom. The van der Waals surface area contributed by atoms with Gasteiger partial charge in [-0.15, -0.1) is 0 Å². The van der Waals surface area contributed by atoms with Gasteiger partial charge in [-0.2, -0.15) is 0 Å². The van der Waals surface area contributed by atoms with Crippen molar-refractivity contribution in [3.63, 3.8) is 0 Å². The maximum atomic E-state index is 12.5. The Morgan fingerprint density at radius 3 is 2.31 bits per heavy atom. The minimum atomic E-state index is -4.02. The highest BCUT2D eigenvalue weighted by molar-refractivity contribution is 7.90. The monoisotopic (exact) mass is 458 g/mol. The van der Waals surface area contributed by atoms with E-state index in [2.05, 4.69) is 10.6 Å². The number of rotatable bonds is 8. The van der Waals surface area contributed by atoms with E-state index in [0.717, 1.165) is 24.9 Å². The molecule has 4 amide bonds. The molecule has 3 rings (SSSR count). The van der Waals surface area contributed by atoms with Gasteiger partial charge in [-0.05, 0) is 61.4 Å². The SMILES string of the molecule is CCCCNC(=O)NS(=O)(=O)c1ccc(NC(=O)c2ccc(N3CCCC3=O)cc2)cc1. The predicted octanol–water partition coefficient (Wildman–Crippen LogP) is 2.85. The van der Waals surface area contributed by atoms with Crippen molar-refractivity contribution in [2.45, 2.75) is 37.5 Å². The van der Waals surface area contributed by atoms with Gasteiger partial charge in [0.1, 0.15) is 0 Å². The van der Waals surface area contributed by atoms with E-state index in [4.69, 9.17) is 0 Å². The third-order valence-electron chi connectivity index (χ3n) is 4.98. The van der Waals surface area contributed by atoms with Gasteiger partial charge in [0.25, 0.3) is 15.9 Å². The van der Waals surface area contributed by atoms with Gasteiger partial charge in [0.15, 0.2) is 0 Å². The molecule has 0 unspecified atom stereocenters. The normalized spacial score (nSPS) is 13.7. The van der Waals surface area contributed by atoms with Crippen molar-refractivity contribution in [1.29, 1.82) is 0 Å². The average molecular weight is 459 g/mol. The maximum Gasteiger partial charge on any atom is 0.328 e. The highest BCUT2D eigenvalue weighted by Crippen LogP contribution is 2.22. The second-order valence-electron chi connectivity index (χ2n) is 7.39. The molecule has 1 aliphatic rings. The van der Waals surface area contributed by atoms with Crippen LogP contribution < -0.4 is 20.3 Å². The highest BCUT2D eigenvalue weighted by atomic mass is 32.2. The first-order valence-corrected chi connectivity index (χ1v) is 11.9. The number of benzene rings is 2. The number of sulfonamides is 1. The predicted molar refractivity (Wildman–Crippen MR) is 121 cm³/mol. The van der Waals surface area contributed by atoms with Gasteiger partial charge in [0.2, 0.25) is 5.91 Å². The summed E-state index contributed by atoms with van der Waals surface area (Å²) in [6, 6.07) is 11.4. The molecule has 0 bridgehead atoms. The van der Waals surface area contributed by atoms with E-state index >= 15 is 0 Å². The lowest BCUT2D eigenvalue weighted by Gasteiger charge is -2.15. The molecule has 0 aromatic heterocycles. The fraction of sp³-hybridized carbons (Fsp3) is 0.318. The first kappa shape index (κ1) is 23.3.